The first-order valence-corrected chi connectivity index (χ1v) is 9.47. The Hall–Kier alpha value is -0.210. The van der Waals surface area contributed by atoms with E-state index in [1.165, 1.54) is 0 Å². The molecule has 0 bridgehead atoms. The van der Waals surface area contributed by atoms with Gasteiger partial charge in [0.15, 0.2) is 0 Å². The Bertz CT molecular complexity index is 429. The van der Waals surface area contributed by atoms with Crippen LogP contribution in [-0.2, 0) is 14.9 Å². The molecule has 2 aliphatic heterocycles. The van der Waals surface area contributed by atoms with Crippen molar-refractivity contribution >= 4 is 10.2 Å². The number of ether oxygens (including phenoxy) is 1. The Morgan fingerprint density at radius 1 is 1.24 bits per heavy atom. The highest BCUT2D eigenvalue weighted by Gasteiger charge is 2.40. The van der Waals surface area contributed by atoms with Crippen molar-refractivity contribution in [2.24, 2.45) is 0 Å². The zero-order valence-electron chi connectivity index (χ0n) is 13.4. The summed E-state index contributed by atoms with van der Waals surface area (Å²) < 4.78 is 35.0. The van der Waals surface area contributed by atoms with Gasteiger partial charge in [-0.1, -0.05) is 13.3 Å². The van der Waals surface area contributed by atoms with Crippen molar-refractivity contribution in [3.63, 3.8) is 0 Å². The third-order valence-electron chi connectivity index (χ3n) is 4.35. The molecule has 0 aliphatic carbocycles. The van der Waals surface area contributed by atoms with Crippen molar-refractivity contribution in [2.75, 3.05) is 32.8 Å². The smallest absolute Gasteiger partial charge is 0.282 e. The fourth-order valence-corrected chi connectivity index (χ4v) is 5.22. The maximum absolute atomic E-state index is 13.0. The molecule has 7 heteroatoms. The van der Waals surface area contributed by atoms with Gasteiger partial charge in [-0.3, -0.25) is 0 Å². The van der Waals surface area contributed by atoms with Crippen LogP contribution in [0.3, 0.4) is 0 Å². The molecule has 6 nitrogen and oxygen atoms in total. The van der Waals surface area contributed by atoms with Gasteiger partial charge in [-0.15, -0.1) is 0 Å². The lowest BCUT2D eigenvalue weighted by Crippen LogP contribution is -2.59. The predicted molar refractivity (Wildman–Crippen MR) is 83.4 cm³/mol. The molecule has 124 valence electrons. The number of piperidine rings is 1. The zero-order valence-corrected chi connectivity index (χ0v) is 14.2. The molecule has 2 fully saturated rings. The molecular formula is C14H29N3O3S. The van der Waals surface area contributed by atoms with Gasteiger partial charge < -0.3 is 10.1 Å². The first kappa shape index (κ1) is 17.1. The molecular weight excluding hydrogens is 290 g/mol. The number of hydrogen-bond acceptors (Lipinski definition) is 4. The van der Waals surface area contributed by atoms with Crippen LogP contribution in [0.25, 0.3) is 0 Å². The molecule has 0 aromatic heterocycles. The van der Waals surface area contributed by atoms with Gasteiger partial charge >= 0.3 is 0 Å². The molecule has 21 heavy (non-hydrogen) atoms. The van der Waals surface area contributed by atoms with Crippen LogP contribution in [-0.4, -0.2) is 68.0 Å². The van der Waals surface area contributed by atoms with Gasteiger partial charge in [0, 0.05) is 31.7 Å². The van der Waals surface area contributed by atoms with Crippen LogP contribution < -0.4 is 5.32 Å². The van der Waals surface area contributed by atoms with Crippen LogP contribution in [0.1, 0.15) is 40.0 Å². The van der Waals surface area contributed by atoms with Crippen molar-refractivity contribution in [2.45, 2.75) is 58.2 Å². The van der Waals surface area contributed by atoms with Gasteiger partial charge in [0.1, 0.15) is 0 Å². The first-order chi connectivity index (χ1) is 9.96. The highest BCUT2D eigenvalue weighted by atomic mass is 32.2. The van der Waals surface area contributed by atoms with Gasteiger partial charge in [-0.25, -0.2) is 0 Å². The Kier molecular flexibility index (Phi) is 6.02. The standard InChI is InChI=1S/C14H29N3O3S/c1-4-15-9-14-7-5-6-8-16(14)21(18,19)17-10-13(3)20-11-12(17)2/h12-15H,4-11H2,1-3H3. The molecule has 2 saturated heterocycles. The molecule has 0 amide bonds. The number of hydrogen-bond donors (Lipinski definition) is 1. The van der Waals surface area contributed by atoms with Crippen LogP contribution in [0.15, 0.2) is 0 Å². The molecule has 2 aliphatic rings. The lowest BCUT2D eigenvalue weighted by Gasteiger charge is -2.42. The van der Waals surface area contributed by atoms with E-state index in [4.69, 9.17) is 4.74 Å². The number of likely N-dealkylation sites (N-methyl/N-ethyl adjacent to an activating group) is 1. The van der Waals surface area contributed by atoms with Crippen LogP contribution >= 0.6 is 0 Å². The molecule has 0 aromatic rings. The number of nitrogens with one attached hydrogen (secondary N) is 1. The van der Waals surface area contributed by atoms with Gasteiger partial charge in [-0.05, 0) is 33.2 Å². The summed E-state index contributed by atoms with van der Waals surface area (Å²) in [5.74, 6) is 0. The minimum Gasteiger partial charge on any atom is -0.375 e. The highest BCUT2D eigenvalue weighted by molar-refractivity contribution is 7.86. The monoisotopic (exact) mass is 319 g/mol. The molecule has 0 aromatic carbocycles. The average molecular weight is 319 g/mol. The van der Waals surface area contributed by atoms with E-state index in [9.17, 15) is 8.42 Å². The lowest BCUT2D eigenvalue weighted by atomic mass is 10.1. The molecule has 1 N–H and O–H groups in total. The molecule has 0 saturated carbocycles. The van der Waals surface area contributed by atoms with E-state index >= 15 is 0 Å². The first-order valence-electron chi connectivity index (χ1n) is 8.07. The lowest BCUT2D eigenvalue weighted by molar-refractivity contribution is -0.0199. The average Bonchev–Trinajstić information content (AvgIpc) is 2.47. The van der Waals surface area contributed by atoms with E-state index in [-0.39, 0.29) is 18.2 Å². The minimum atomic E-state index is -3.40. The van der Waals surface area contributed by atoms with E-state index in [1.807, 2.05) is 20.8 Å². The van der Waals surface area contributed by atoms with Crippen LogP contribution in [0.5, 0.6) is 0 Å². The maximum atomic E-state index is 13.0. The summed E-state index contributed by atoms with van der Waals surface area (Å²) in [5, 5.41) is 3.29. The van der Waals surface area contributed by atoms with Crippen molar-refractivity contribution in [3.05, 3.63) is 0 Å². The van der Waals surface area contributed by atoms with Gasteiger partial charge in [0.2, 0.25) is 0 Å². The van der Waals surface area contributed by atoms with Crippen molar-refractivity contribution in [1.82, 2.24) is 13.9 Å². The summed E-state index contributed by atoms with van der Waals surface area (Å²) in [6.45, 7) is 9.08. The molecule has 3 atom stereocenters. The van der Waals surface area contributed by atoms with Gasteiger partial charge in [-0.2, -0.15) is 17.0 Å². The molecule has 0 spiro atoms. The Balaban J connectivity index is 2.15. The van der Waals surface area contributed by atoms with Crippen LogP contribution in [0.4, 0.5) is 0 Å². The van der Waals surface area contributed by atoms with E-state index in [0.29, 0.717) is 19.7 Å². The maximum Gasteiger partial charge on any atom is 0.282 e. The van der Waals surface area contributed by atoms with Crippen LogP contribution in [0.2, 0.25) is 0 Å². The largest absolute Gasteiger partial charge is 0.375 e. The summed E-state index contributed by atoms with van der Waals surface area (Å²) in [7, 11) is -3.40. The summed E-state index contributed by atoms with van der Waals surface area (Å²) in [6.07, 6.45) is 2.97. The predicted octanol–water partition coefficient (Wildman–Crippen LogP) is 0.804. The summed E-state index contributed by atoms with van der Waals surface area (Å²) >= 11 is 0. The Morgan fingerprint density at radius 3 is 2.71 bits per heavy atom. The minimum absolute atomic E-state index is 0.0343. The SMILES string of the molecule is CCNCC1CCCCN1S(=O)(=O)N1CC(C)OCC1C. The topological polar surface area (TPSA) is 61.9 Å². The van der Waals surface area contributed by atoms with Crippen molar-refractivity contribution < 1.29 is 13.2 Å². The van der Waals surface area contributed by atoms with Gasteiger partial charge in [0.05, 0.1) is 12.7 Å². The highest BCUT2D eigenvalue weighted by Crippen LogP contribution is 2.25. The Labute approximate surface area is 129 Å². The van der Waals surface area contributed by atoms with E-state index in [0.717, 1.165) is 32.4 Å². The molecule has 0 radical (unpaired) electrons. The third-order valence-corrected chi connectivity index (χ3v) is 6.52. The van der Waals surface area contributed by atoms with Crippen molar-refractivity contribution in [1.29, 1.82) is 0 Å². The summed E-state index contributed by atoms with van der Waals surface area (Å²) in [5.41, 5.74) is 0. The number of rotatable bonds is 5. The van der Waals surface area contributed by atoms with E-state index < -0.39 is 10.2 Å². The zero-order chi connectivity index (χ0) is 15.5. The molecule has 2 rings (SSSR count). The fourth-order valence-electron chi connectivity index (χ4n) is 3.12. The number of nitrogens with zero attached hydrogens (tertiary/aromatic N) is 2. The molecule has 3 unspecified atom stereocenters. The van der Waals surface area contributed by atoms with E-state index in [1.54, 1.807) is 8.61 Å². The van der Waals surface area contributed by atoms with Crippen LogP contribution in [0, 0.1) is 0 Å². The quantitative estimate of drug-likeness (QED) is 0.814. The number of morpholine rings is 1. The van der Waals surface area contributed by atoms with Gasteiger partial charge in [0.25, 0.3) is 10.2 Å². The molecule has 2 heterocycles. The van der Waals surface area contributed by atoms with Crippen molar-refractivity contribution in [3.8, 4) is 0 Å². The normalized spacial score (nSPS) is 33.2. The second kappa shape index (κ2) is 7.37. The third kappa shape index (κ3) is 3.96. The second-order valence-corrected chi connectivity index (χ2v) is 7.97. The fraction of sp³-hybridized carbons (Fsp3) is 1.00. The second-order valence-electron chi connectivity index (χ2n) is 6.14. The van der Waals surface area contributed by atoms with E-state index in [2.05, 4.69) is 5.32 Å². The summed E-state index contributed by atoms with van der Waals surface area (Å²) in [6, 6.07) is -0.0121. The summed E-state index contributed by atoms with van der Waals surface area (Å²) in [4.78, 5) is 0. The Morgan fingerprint density at radius 2 is 2.00 bits per heavy atom.